The Morgan fingerprint density at radius 1 is 1.11 bits per heavy atom. The number of fused-ring (bicyclic) bond motifs is 1. The van der Waals surface area contributed by atoms with Crippen molar-refractivity contribution in [2.75, 3.05) is 42.3 Å². The summed E-state index contributed by atoms with van der Waals surface area (Å²) >= 11 is 0. The number of anilines is 4. The highest BCUT2D eigenvalue weighted by Crippen LogP contribution is 2.27. The SMILES string of the molecule is C=CC(=O)Nc1ccnc(-c2cncc3cnc(Nc4ccc(NC5CN(CCF)C5)nc4)nc23)c1. The van der Waals surface area contributed by atoms with E-state index in [1.807, 2.05) is 12.1 Å². The number of hydrogen-bond acceptors (Lipinski definition) is 9. The van der Waals surface area contributed by atoms with E-state index in [1.165, 1.54) is 6.08 Å². The molecule has 0 aromatic carbocycles. The average Bonchev–Trinajstić information content (AvgIpc) is 2.88. The Hall–Kier alpha value is -4.51. The molecule has 4 aromatic heterocycles. The van der Waals surface area contributed by atoms with Gasteiger partial charge in [-0.05, 0) is 30.3 Å². The van der Waals surface area contributed by atoms with E-state index in [2.05, 4.69) is 52.3 Å². The lowest BCUT2D eigenvalue weighted by Crippen LogP contribution is -2.55. The monoisotopic (exact) mass is 485 g/mol. The van der Waals surface area contributed by atoms with Crippen LogP contribution < -0.4 is 16.0 Å². The van der Waals surface area contributed by atoms with Gasteiger partial charge in [-0.2, -0.15) is 0 Å². The number of aromatic nitrogens is 5. The third kappa shape index (κ3) is 5.26. The summed E-state index contributed by atoms with van der Waals surface area (Å²) in [6.45, 7) is 5.25. The first kappa shape index (κ1) is 23.2. The lowest BCUT2D eigenvalue weighted by molar-refractivity contribution is -0.111. The van der Waals surface area contributed by atoms with Crippen LogP contribution in [0.4, 0.5) is 27.5 Å². The Morgan fingerprint density at radius 2 is 2.00 bits per heavy atom. The van der Waals surface area contributed by atoms with E-state index in [9.17, 15) is 9.18 Å². The molecular weight excluding hydrogens is 461 g/mol. The molecule has 0 bridgehead atoms. The van der Waals surface area contributed by atoms with Crippen molar-refractivity contribution in [2.45, 2.75) is 6.04 Å². The Balaban J connectivity index is 1.32. The van der Waals surface area contributed by atoms with Gasteiger partial charge in [-0.25, -0.2) is 19.3 Å². The zero-order chi connectivity index (χ0) is 24.9. The predicted octanol–water partition coefficient (Wildman–Crippen LogP) is 3.42. The van der Waals surface area contributed by atoms with Crippen LogP contribution in [-0.2, 0) is 4.79 Å². The molecule has 5 rings (SSSR count). The predicted molar refractivity (Wildman–Crippen MR) is 137 cm³/mol. The molecule has 0 aliphatic carbocycles. The minimum absolute atomic E-state index is 0.274. The van der Waals surface area contributed by atoms with E-state index in [0.29, 0.717) is 35.0 Å². The number of alkyl halides is 1. The number of carbonyl (C=O) groups is 1. The number of carbonyl (C=O) groups excluding carboxylic acids is 1. The van der Waals surface area contributed by atoms with Gasteiger partial charge in [0.15, 0.2) is 0 Å². The van der Waals surface area contributed by atoms with Crippen LogP contribution in [0.5, 0.6) is 0 Å². The average molecular weight is 486 g/mol. The van der Waals surface area contributed by atoms with Gasteiger partial charge in [-0.1, -0.05) is 6.58 Å². The molecule has 0 atom stereocenters. The first-order valence-corrected chi connectivity index (χ1v) is 11.4. The van der Waals surface area contributed by atoms with Gasteiger partial charge in [0.2, 0.25) is 11.9 Å². The van der Waals surface area contributed by atoms with Crippen molar-refractivity contribution in [3.8, 4) is 11.3 Å². The lowest BCUT2D eigenvalue weighted by atomic mass is 10.1. The molecule has 3 N–H and O–H groups in total. The molecule has 0 unspecified atom stereocenters. The minimum Gasteiger partial charge on any atom is -0.365 e. The second kappa shape index (κ2) is 10.4. The number of hydrogen-bond donors (Lipinski definition) is 3. The van der Waals surface area contributed by atoms with Crippen molar-refractivity contribution >= 4 is 40.0 Å². The highest BCUT2D eigenvalue weighted by Gasteiger charge is 2.26. The van der Waals surface area contributed by atoms with Crippen LogP contribution >= 0.6 is 0 Å². The molecule has 1 aliphatic heterocycles. The molecule has 182 valence electrons. The normalized spacial score (nSPS) is 13.7. The van der Waals surface area contributed by atoms with Gasteiger partial charge in [-0.3, -0.25) is 19.7 Å². The van der Waals surface area contributed by atoms with E-state index >= 15 is 0 Å². The van der Waals surface area contributed by atoms with Crippen molar-refractivity contribution in [3.63, 3.8) is 0 Å². The second-order valence-electron chi connectivity index (χ2n) is 8.29. The zero-order valence-corrected chi connectivity index (χ0v) is 19.4. The summed E-state index contributed by atoms with van der Waals surface area (Å²) < 4.78 is 12.4. The summed E-state index contributed by atoms with van der Waals surface area (Å²) in [6, 6.07) is 7.49. The van der Waals surface area contributed by atoms with Crippen molar-refractivity contribution in [1.82, 2.24) is 29.8 Å². The van der Waals surface area contributed by atoms with Gasteiger partial charge in [0.25, 0.3) is 0 Å². The molecule has 1 amide bonds. The highest BCUT2D eigenvalue weighted by molar-refractivity contribution is 5.99. The quantitative estimate of drug-likeness (QED) is 0.306. The summed E-state index contributed by atoms with van der Waals surface area (Å²) in [7, 11) is 0. The van der Waals surface area contributed by atoms with Crippen LogP contribution in [0.15, 0.2) is 67.9 Å². The van der Waals surface area contributed by atoms with Crippen LogP contribution in [0.25, 0.3) is 22.2 Å². The first-order chi connectivity index (χ1) is 17.6. The lowest BCUT2D eigenvalue weighted by Gasteiger charge is -2.39. The number of nitrogens with one attached hydrogen (secondary N) is 3. The fourth-order valence-corrected chi connectivity index (χ4v) is 3.91. The van der Waals surface area contributed by atoms with Crippen molar-refractivity contribution in [3.05, 3.63) is 67.9 Å². The number of likely N-dealkylation sites (tertiary alicyclic amines) is 1. The van der Waals surface area contributed by atoms with Gasteiger partial charge < -0.3 is 16.0 Å². The van der Waals surface area contributed by atoms with Gasteiger partial charge in [0.1, 0.15) is 12.5 Å². The Bertz CT molecular complexity index is 1390. The standard InChI is InChI=1S/C25H24FN9O/c1-2-23(36)32-17-5-7-28-21(9-17)20-13-27-10-16-11-30-25(34-24(16)20)33-18-3-4-22(29-12-18)31-19-14-35(15-19)8-6-26/h2-5,7,9-13,19H,1,6,8,14-15H2,(H,29,31)(H,28,32,36)(H,30,33,34). The Morgan fingerprint density at radius 3 is 2.78 bits per heavy atom. The van der Waals surface area contributed by atoms with Crippen molar-refractivity contribution < 1.29 is 9.18 Å². The third-order valence-corrected chi connectivity index (χ3v) is 5.71. The van der Waals surface area contributed by atoms with Crippen molar-refractivity contribution in [2.24, 2.45) is 0 Å². The number of halogens is 1. The molecule has 1 aliphatic rings. The summed E-state index contributed by atoms with van der Waals surface area (Å²) in [5.41, 5.74) is 3.29. The Kier molecular flexibility index (Phi) is 6.72. The fourth-order valence-electron chi connectivity index (χ4n) is 3.91. The smallest absolute Gasteiger partial charge is 0.247 e. The number of rotatable bonds is 9. The first-order valence-electron chi connectivity index (χ1n) is 11.4. The van der Waals surface area contributed by atoms with Gasteiger partial charge in [0, 0.05) is 61.1 Å². The summed E-state index contributed by atoms with van der Waals surface area (Å²) in [4.78, 5) is 36.0. The van der Waals surface area contributed by atoms with Crippen LogP contribution in [0.2, 0.25) is 0 Å². The minimum atomic E-state index is -0.322. The van der Waals surface area contributed by atoms with Gasteiger partial charge in [-0.15, -0.1) is 0 Å². The maximum atomic E-state index is 12.4. The molecule has 10 nitrogen and oxygen atoms in total. The summed E-state index contributed by atoms with van der Waals surface area (Å²) in [5.74, 6) is 0.848. The maximum Gasteiger partial charge on any atom is 0.247 e. The molecule has 0 saturated carbocycles. The van der Waals surface area contributed by atoms with Gasteiger partial charge in [0.05, 0.1) is 29.1 Å². The second-order valence-corrected chi connectivity index (χ2v) is 8.29. The fraction of sp³-hybridized carbons (Fsp3) is 0.200. The third-order valence-electron chi connectivity index (χ3n) is 5.71. The van der Waals surface area contributed by atoms with E-state index in [1.54, 1.807) is 43.1 Å². The summed E-state index contributed by atoms with van der Waals surface area (Å²) in [6.07, 6.45) is 9.57. The molecule has 5 heterocycles. The van der Waals surface area contributed by atoms with Crippen LogP contribution in [0, 0.1) is 0 Å². The van der Waals surface area contributed by atoms with Crippen molar-refractivity contribution in [1.29, 1.82) is 0 Å². The molecular formula is C25H24FN9O. The molecule has 1 fully saturated rings. The molecule has 4 aromatic rings. The molecule has 0 spiro atoms. The van der Waals surface area contributed by atoms with E-state index in [4.69, 9.17) is 0 Å². The van der Waals surface area contributed by atoms with E-state index < -0.39 is 0 Å². The molecule has 0 radical (unpaired) electrons. The van der Waals surface area contributed by atoms with Crippen LogP contribution in [0.1, 0.15) is 0 Å². The number of nitrogens with zero attached hydrogens (tertiary/aromatic N) is 6. The largest absolute Gasteiger partial charge is 0.365 e. The number of amides is 1. The molecule has 11 heteroatoms. The molecule has 36 heavy (non-hydrogen) atoms. The summed E-state index contributed by atoms with van der Waals surface area (Å²) in [5, 5.41) is 10.0. The van der Waals surface area contributed by atoms with Crippen LogP contribution in [0.3, 0.4) is 0 Å². The van der Waals surface area contributed by atoms with Gasteiger partial charge >= 0.3 is 0 Å². The zero-order valence-electron chi connectivity index (χ0n) is 19.4. The topological polar surface area (TPSA) is 121 Å². The van der Waals surface area contributed by atoms with E-state index in [0.717, 1.165) is 30.0 Å². The van der Waals surface area contributed by atoms with Crippen LogP contribution in [-0.4, -0.2) is 68.1 Å². The Labute approximate surface area is 206 Å². The molecule has 1 saturated heterocycles. The highest BCUT2D eigenvalue weighted by atomic mass is 19.1. The number of pyridine rings is 3. The maximum absolute atomic E-state index is 12.4. The van der Waals surface area contributed by atoms with E-state index in [-0.39, 0.29) is 18.6 Å².